The number of halogens is 2. The van der Waals surface area contributed by atoms with Crippen molar-refractivity contribution in [1.29, 1.82) is 0 Å². The van der Waals surface area contributed by atoms with Gasteiger partial charge in [-0.25, -0.2) is 8.78 Å². The summed E-state index contributed by atoms with van der Waals surface area (Å²) >= 11 is 0. The van der Waals surface area contributed by atoms with E-state index < -0.39 is 11.6 Å². The Labute approximate surface area is 94.9 Å². The molecule has 1 unspecified atom stereocenters. The lowest BCUT2D eigenvalue weighted by molar-refractivity contribution is 0.286. The summed E-state index contributed by atoms with van der Waals surface area (Å²) in [5, 5.41) is 3.20. The van der Waals surface area contributed by atoms with E-state index in [1.165, 1.54) is 25.3 Å². The van der Waals surface area contributed by atoms with Gasteiger partial charge in [0.1, 0.15) is 0 Å². The molecular formula is C13H17F2N. The average molecular weight is 225 g/mol. The number of anilines is 1. The van der Waals surface area contributed by atoms with Gasteiger partial charge in [-0.05, 0) is 31.4 Å². The Bertz CT molecular complexity index is 361. The minimum Gasteiger partial charge on any atom is -0.382 e. The van der Waals surface area contributed by atoms with Crippen LogP contribution in [0.5, 0.6) is 0 Å². The zero-order valence-corrected chi connectivity index (χ0v) is 9.47. The largest absolute Gasteiger partial charge is 0.382 e. The third-order valence-electron chi connectivity index (χ3n) is 3.24. The van der Waals surface area contributed by atoms with Crippen LogP contribution in [0.2, 0.25) is 0 Å². The molecule has 1 nitrogen and oxygen atoms in total. The van der Waals surface area contributed by atoms with Crippen LogP contribution in [0.1, 0.15) is 32.6 Å². The van der Waals surface area contributed by atoms with E-state index in [2.05, 4.69) is 12.2 Å². The Morgan fingerprint density at radius 2 is 2.06 bits per heavy atom. The normalized spacial score (nSPS) is 17.9. The zero-order valence-electron chi connectivity index (χ0n) is 9.47. The quantitative estimate of drug-likeness (QED) is 0.818. The fourth-order valence-corrected chi connectivity index (χ4v) is 2.16. The number of hydrogen-bond acceptors (Lipinski definition) is 1. The highest BCUT2D eigenvalue weighted by Crippen LogP contribution is 2.31. The molecule has 1 aliphatic carbocycles. The summed E-state index contributed by atoms with van der Waals surface area (Å²) in [6.45, 7) is 2.08. The van der Waals surface area contributed by atoms with E-state index in [1.807, 2.05) is 0 Å². The first kappa shape index (κ1) is 11.4. The van der Waals surface area contributed by atoms with Crippen molar-refractivity contribution in [1.82, 2.24) is 0 Å². The SMILES string of the molecule is CC(CC1CCC1)Nc1ccc(F)c(F)c1. The maximum absolute atomic E-state index is 13.0. The Hall–Kier alpha value is -1.12. The fraction of sp³-hybridized carbons (Fsp3) is 0.538. The lowest BCUT2D eigenvalue weighted by atomic mass is 9.81. The van der Waals surface area contributed by atoms with Gasteiger partial charge in [-0.2, -0.15) is 0 Å². The first-order valence-electron chi connectivity index (χ1n) is 5.87. The van der Waals surface area contributed by atoms with E-state index in [9.17, 15) is 8.78 Å². The summed E-state index contributed by atoms with van der Waals surface area (Å²) in [4.78, 5) is 0. The number of nitrogens with one attached hydrogen (secondary N) is 1. The second kappa shape index (κ2) is 4.81. The monoisotopic (exact) mass is 225 g/mol. The fourth-order valence-electron chi connectivity index (χ4n) is 2.16. The van der Waals surface area contributed by atoms with E-state index >= 15 is 0 Å². The van der Waals surface area contributed by atoms with Crippen molar-refractivity contribution in [2.24, 2.45) is 5.92 Å². The molecule has 0 saturated heterocycles. The van der Waals surface area contributed by atoms with Crippen LogP contribution < -0.4 is 5.32 Å². The summed E-state index contributed by atoms with van der Waals surface area (Å²) in [5.41, 5.74) is 0.658. The van der Waals surface area contributed by atoms with Gasteiger partial charge < -0.3 is 5.32 Å². The van der Waals surface area contributed by atoms with Gasteiger partial charge in [-0.1, -0.05) is 19.3 Å². The van der Waals surface area contributed by atoms with Crippen molar-refractivity contribution in [2.45, 2.75) is 38.6 Å². The molecule has 1 fully saturated rings. The highest BCUT2D eigenvalue weighted by Gasteiger charge is 2.19. The molecule has 16 heavy (non-hydrogen) atoms. The van der Waals surface area contributed by atoms with Crippen molar-refractivity contribution in [3.05, 3.63) is 29.8 Å². The summed E-state index contributed by atoms with van der Waals surface area (Å²) in [7, 11) is 0. The van der Waals surface area contributed by atoms with Gasteiger partial charge >= 0.3 is 0 Å². The maximum atomic E-state index is 13.0. The number of hydrogen-bond donors (Lipinski definition) is 1. The van der Waals surface area contributed by atoms with Crippen LogP contribution in [0.3, 0.4) is 0 Å². The molecule has 0 aromatic heterocycles. The van der Waals surface area contributed by atoms with E-state index in [0.717, 1.165) is 18.4 Å². The molecule has 0 spiro atoms. The molecule has 1 aromatic rings. The van der Waals surface area contributed by atoms with Crippen LogP contribution in [0.15, 0.2) is 18.2 Å². The standard InChI is InChI=1S/C13H17F2N/c1-9(7-10-3-2-4-10)16-11-5-6-12(14)13(15)8-11/h5-6,8-10,16H,2-4,7H2,1H3. The smallest absolute Gasteiger partial charge is 0.160 e. The molecule has 3 heteroatoms. The number of rotatable bonds is 4. The predicted molar refractivity (Wildman–Crippen MR) is 61.4 cm³/mol. The molecule has 0 radical (unpaired) electrons. The molecule has 1 saturated carbocycles. The molecular weight excluding hydrogens is 208 g/mol. The Morgan fingerprint density at radius 3 is 2.62 bits per heavy atom. The maximum Gasteiger partial charge on any atom is 0.160 e. The van der Waals surface area contributed by atoms with Crippen molar-refractivity contribution in [3.63, 3.8) is 0 Å². The average Bonchev–Trinajstić information content (AvgIpc) is 2.18. The van der Waals surface area contributed by atoms with Gasteiger partial charge in [0.25, 0.3) is 0 Å². The third kappa shape index (κ3) is 2.71. The van der Waals surface area contributed by atoms with Crippen molar-refractivity contribution < 1.29 is 8.78 Å². The minimum atomic E-state index is -0.794. The summed E-state index contributed by atoms with van der Waals surface area (Å²) in [6.07, 6.45) is 5.06. The lowest BCUT2D eigenvalue weighted by Crippen LogP contribution is -2.23. The van der Waals surface area contributed by atoms with Crippen LogP contribution in [-0.2, 0) is 0 Å². The summed E-state index contributed by atoms with van der Waals surface area (Å²) in [5.74, 6) is -0.772. The summed E-state index contributed by atoms with van der Waals surface area (Å²) in [6, 6.07) is 4.27. The number of benzene rings is 1. The van der Waals surface area contributed by atoms with Gasteiger partial charge in [-0.15, -0.1) is 0 Å². The first-order valence-corrected chi connectivity index (χ1v) is 5.87. The van der Waals surface area contributed by atoms with Crippen LogP contribution in [0.25, 0.3) is 0 Å². The third-order valence-corrected chi connectivity index (χ3v) is 3.24. The van der Waals surface area contributed by atoms with Gasteiger partial charge in [0.05, 0.1) is 0 Å². The molecule has 88 valence electrons. The second-order valence-electron chi connectivity index (χ2n) is 4.71. The molecule has 0 amide bonds. The Morgan fingerprint density at radius 1 is 1.31 bits per heavy atom. The molecule has 0 aliphatic heterocycles. The van der Waals surface area contributed by atoms with Crippen molar-refractivity contribution in [3.8, 4) is 0 Å². The van der Waals surface area contributed by atoms with E-state index in [-0.39, 0.29) is 0 Å². The predicted octanol–water partition coefficient (Wildman–Crippen LogP) is 3.96. The van der Waals surface area contributed by atoms with Gasteiger partial charge in [-0.3, -0.25) is 0 Å². The van der Waals surface area contributed by atoms with Crippen molar-refractivity contribution in [2.75, 3.05) is 5.32 Å². The molecule has 0 heterocycles. The Kier molecular flexibility index (Phi) is 3.42. The highest BCUT2D eigenvalue weighted by molar-refractivity contribution is 5.44. The topological polar surface area (TPSA) is 12.0 Å². The zero-order chi connectivity index (χ0) is 11.5. The molecule has 0 bridgehead atoms. The van der Waals surface area contributed by atoms with Crippen molar-refractivity contribution >= 4 is 5.69 Å². The first-order chi connectivity index (χ1) is 7.65. The summed E-state index contributed by atoms with van der Waals surface area (Å²) < 4.78 is 25.7. The minimum absolute atomic E-state index is 0.315. The molecule has 1 atom stereocenters. The lowest BCUT2D eigenvalue weighted by Gasteiger charge is -2.28. The van der Waals surface area contributed by atoms with Crippen LogP contribution in [0, 0.1) is 17.6 Å². The van der Waals surface area contributed by atoms with Gasteiger partial charge in [0.15, 0.2) is 11.6 Å². The van der Waals surface area contributed by atoms with Crippen LogP contribution >= 0.6 is 0 Å². The van der Waals surface area contributed by atoms with Crippen LogP contribution in [-0.4, -0.2) is 6.04 Å². The van der Waals surface area contributed by atoms with Gasteiger partial charge in [0.2, 0.25) is 0 Å². The molecule has 1 aromatic carbocycles. The molecule has 1 N–H and O–H groups in total. The Balaban J connectivity index is 1.89. The van der Waals surface area contributed by atoms with Crippen LogP contribution in [0.4, 0.5) is 14.5 Å². The van der Waals surface area contributed by atoms with Gasteiger partial charge in [0, 0.05) is 17.8 Å². The highest BCUT2D eigenvalue weighted by atomic mass is 19.2. The second-order valence-corrected chi connectivity index (χ2v) is 4.71. The van der Waals surface area contributed by atoms with E-state index in [1.54, 1.807) is 6.07 Å². The van der Waals surface area contributed by atoms with E-state index in [0.29, 0.717) is 11.7 Å². The van der Waals surface area contributed by atoms with E-state index in [4.69, 9.17) is 0 Å². The molecule has 2 rings (SSSR count). The molecule has 1 aliphatic rings.